The second-order valence-electron chi connectivity index (χ2n) is 7.98. The van der Waals surface area contributed by atoms with Crippen LogP contribution in [0.3, 0.4) is 0 Å². The largest absolute Gasteiger partial charge is 0.490 e. The van der Waals surface area contributed by atoms with E-state index in [-0.39, 0.29) is 0 Å². The van der Waals surface area contributed by atoms with Crippen molar-refractivity contribution in [1.82, 2.24) is 15.1 Å². The first-order chi connectivity index (χ1) is 15.7. The molecular weight excluding hydrogens is 402 g/mol. The zero-order valence-corrected chi connectivity index (χ0v) is 18.8. The van der Waals surface area contributed by atoms with Crippen LogP contribution in [-0.4, -0.2) is 35.5 Å². The summed E-state index contributed by atoms with van der Waals surface area (Å²) in [4.78, 5) is 4.84. The zero-order valence-electron chi connectivity index (χ0n) is 18.8. The van der Waals surface area contributed by atoms with Crippen LogP contribution in [0.15, 0.2) is 59.9 Å². The van der Waals surface area contributed by atoms with E-state index in [9.17, 15) is 0 Å². The van der Waals surface area contributed by atoms with E-state index in [1.54, 1.807) is 0 Å². The van der Waals surface area contributed by atoms with Crippen LogP contribution in [-0.2, 0) is 20.0 Å². The Balaban J connectivity index is 1.43. The molecule has 0 amide bonds. The number of ether oxygens (including phenoxy) is 2. The number of anilines is 1. The second kappa shape index (κ2) is 10.7. The van der Waals surface area contributed by atoms with Gasteiger partial charge in [-0.15, -0.1) is 0 Å². The maximum atomic E-state index is 5.83. The van der Waals surface area contributed by atoms with Gasteiger partial charge in [0.25, 0.3) is 0 Å². The number of nitrogens with zero attached hydrogens (tertiary/aromatic N) is 3. The third kappa shape index (κ3) is 6.03. The molecule has 32 heavy (non-hydrogen) atoms. The molecule has 2 aromatic carbocycles. The summed E-state index contributed by atoms with van der Waals surface area (Å²) in [6, 6.07) is 14.3. The molecule has 0 atom stereocenters. The van der Waals surface area contributed by atoms with Gasteiger partial charge in [0, 0.05) is 38.0 Å². The molecule has 4 rings (SSSR count). The molecule has 0 spiro atoms. The van der Waals surface area contributed by atoms with Gasteiger partial charge < -0.3 is 20.1 Å². The lowest BCUT2D eigenvalue weighted by atomic mass is 10.1. The first-order valence-corrected chi connectivity index (χ1v) is 11.1. The molecule has 0 saturated heterocycles. The Kier molecular flexibility index (Phi) is 7.27. The Bertz CT molecular complexity index is 1060. The molecule has 1 aliphatic rings. The summed E-state index contributed by atoms with van der Waals surface area (Å²) in [7, 11) is 1.94. The van der Waals surface area contributed by atoms with Crippen LogP contribution < -0.4 is 20.1 Å². The van der Waals surface area contributed by atoms with Gasteiger partial charge in [-0.05, 0) is 48.6 Å². The van der Waals surface area contributed by atoms with Crippen molar-refractivity contribution in [3.8, 4) is 11.5 Å². The van der Waals surface area contributed by atoms with Crippen LogP contribution in [0.5, 0.6) is 11.5 Å². The molecule has 2 heterocycles. The minimum absolute atomic E-state index is 0.606. The number of rotatable bonds is 7. The summed E-state index contributed by atoms with van der Waals surface area (Å²) in [5.74, 6) is 2.30. The van der Waals surface area contributed by atoms with E-state index in [1.807, 2.05) is 36.1 Å². The Morgan fingerprint density at radius 3 is 2.78 bits per heavy atom. The van der Waals surface area contributed by atoms with E-state index in [0.29, 0.717) is 19.8 Å². The van der Waals surface area contributed by atoms with Crippen molar-refractivity contribution in [3.05, 3.63) is 71.5 Å². The molecular formula is C25H31N5O2. The van der Waals surface area contributed by atoms with Crippen molar-refractivity contribution < 1.29 is 9.47 Å². The van der Waals surface area contributed by atoms with E-state index in [4.69, 9.17) is 14.5 Å². The third-order valence-electron chi connectivity index (χ3n) is 5.37. The molecule has 0 unspecified atom stereocenters. The van der Waals surface area contributed by atoms with Gasteiger partial charge in [0.15, 0.2) is 17.5 Å². The van der Waals surface area contributed by atoms with Crippen molar-refractivity contribution >= 4 is 11.6 Å². The fourth-order valence-electron chi connectivity index (χ4n) is 3.57. The standard InChI is InChI=1S/C25H31N5O2/c1-19-7-3-4-9-21(19)17-27-25(26-12-5-8-20-16-28-30(2)18-20)29-22-10-11-23-24(15-22)32-14-6-13-31-23/h3-4,7,9-11,15-16,18H,5-6,8,12-14,17H2,1-2H3,(H2,26,27,29). The van der Waals surface area contributed by atoms with E-state index in [2.05, 4.69) is 53.1 Å². The molecule has 0 aliphatic carbocycles. The fourth-order valence-corrected chi connectivity index (χ4v) is 3.57. The van der Waals surface area contributed by atoms with Gasteiger partial charge in [-0.1, -0.05) is 24.3 Å². The van der Waals surface area contributed by atoms with Crippen LogP contribution in [0.4, 0.5) is 5.69 Å². The number of aryl methyl sites for hydroxylation is 3. The first kappa shape index (κ1) is 21.7. The maximum Gasteiger partial charge on any atom is 0.196 e. The van der Waals surface area contributed by atoms with E-state index < -0.39 is 0 Å². The highest BCUT2D eigenvalue weighted by molar-refractivity contribution is 5.94. The first-order valence-electron chi connectivity index (χ1n) is 11.1. The summed E-state index contributed by atoms with van der Waals surface area (Å²) >= 11 is 0. The quantitative estimate of drug-likeness (QED) is 0.334. The van der Waals surface area contributed by atoms with Gasteiger partial charge >= 0.3 is 0 Å². The zero-order chi connectivity index (χ0) is 22.2. The third-order valence-corrected chi connectivity index (χ3v) is 5.37. The maximum absolute atomic E-state index is 5.83. The highest BCUT2D eigenvalue weighted by Gasteiger charge is 2.11. The molecule has 0 radical (unpaired) electrons. The normalized spacial score (nSPS) is 13.5. The van der Waals surface area contributed by atoms with Crippen molar-refractivity contribution in [2.45, 2.75) is 32.7 Å². The highest BCUT2D eigenvalue weighted by atomic mass is 16.5. The fraction of sp³-hybridized carbons (Fsp3) is 0.360. The van der Waals surface area contributed by atoms with Crippen LogP contribution >= 0.6 is 0 Å². The lowest BCUT2D eigenvalue weighted by Crippen LogP contribution is -2.32. The monoisotopic (exact) mass is 433 g/mol. The summed E-state index contributed by atoms with van der Waals surface area (Å²) in [5.41, 5.74) is 4.60. The Morgan fingerprint density at radius 2 is 1.97 bits per heavy atom. The number of nitrogens with one attached hydrogen (secondary N) is 2. The van der Waals surface area contributed by atoms with Gasteiger partial charge in [0.2, 0.25) is 0 Å². The number of benzene rings is 2. The summed E-state index contributed by atoms with van der Waals surface area (Å²) in [6.07, 6.45) is 6.82. The lowest BCUT2D eigenvalue weighted by Gasteiger charge is -2.15. The molecule has 168 valence electrons. The van der Waals surface area contributed by atoms with Crippen molar-refractivity contribution in [1.29, 1.82) is 0 Å². The van der Waals surface area contributed by atoms with Gasteiger partial charge in [0.05, 0.1) is 26.0 Å². The molecule has 2 N–H and O–H groups in total. The lowest BCUT2D eigenvalue weighted by molar-refractivity contribution is 0.297. The van der Waals surface area contributed by atoms with E-state index >= 15 is 0 Å². The molecule has 0 fully saturated rings. The van der Waals surface area contributed by atoms with Crippen LogP contribution in [0.1, 0.15) is 29.5 Å². The number of hydrogen-bond donors (Lipinski definition) is 2. The molecule has 7 nitrogen and oxygen atoms in total. The van der Waals surface area contributed by atoms with Crippen LogP contribution in [0.2, 0.25) is 0 Å². The minimum atomic E-state index is 0.606. The highest BCUT2D eigenvalue weighted by Crippen LogP contribution is 2.32. The van der Waals surface area contributed by atoms with Crippen molar-refractivity contribution in [2.24, 2.45) is 12.0 Å². The molecule has 1 aromatic heterocycles. The molecule has 3 aromatic rings. The van der Waals surface area contributed by atoms with Crippen molar-refractivity contribution in [2.75, 3.05) is 25.1 Å². The minimum Gasteiger partial charge on any atom is -0.490 e. The SMILES string of the molecule is Cc1ccccc1CN=C(NCCCc1cnn(C)c1)Nc1ccc2c(c1)OCCCO2. The predicted octanol–water partition coefficient (Wildman–Crippen LogP) is 4.08. The Morgan fingerprint density at radius 1 is 1.12 bits per heavy atom. The number of aromatic nitrogens is 2. The van der Waals surface area contributed by atoms with Gasteiger partial charge in [-0.2, -0.15) is 5.10 Å². The van der Waals surface area contributed by atoms with Gasteiger partial charge in [0.1, 0.15) is 0 Å². The van der Waals surface area contributed by atoms with E-state index in [0.717, 1.165) is 49.0 Å². The predicted molar refractivity (Wildman–Crippen MR) is 128 cm³/mol. The van der Waals surface area contributed by atoms with Crippen LogP contribution in [0, 0.1) is 6.92 Å². The Hall–Kier alpha value is -3.48. The van der Waals surface area contributed by atoms with Crippen molar-refractivity contribution in [3.63, 3.8) is 0 Å². The van der Waals surface area contributed by atoms with E-state index in [1.165, 1.54) is 16.7 Å². The second-order valence-corrected chi connectivity index (χ2v) is 7.98. The molecule has 7 heteroatoms. The molecule has 1 aliphatic heterocycles. The smallest absolute Gasteiger partial charge is 0.196 e. The van der Waals surface area contributed by atoms with Gasteiger partial charge in [-0.25, -0.2) is 4.99 Å². The summed E-state index contributed by atoms with van der Waals surface area (Å²) in [5, 5.41) is 11.1. The van der Waals surface area contributed by atoms with Gasteiger partial charge in [-0.3, -0.25) is 4.68 Å². The summed E-state index contributed by atoms with van der Waals surface area (Å²) < 4.78 is 13.4. The average molecular weight is 434 g/mol. The number of fused-ring (bicyclic) bond motifs is 1. The number of hydrogen-bond acceptors (Lipinski definition) is 4. The topological polar surface area (TPSA) is 72.7 Å². The number of aliphatic imine (C=N–C) groups is 1. The Labute approximate surface area is 189 Å². The number of guanidine groups is 1. The van der Waals surface area contributed by atoms with Crippen LogP contribution in [0.25, 0.3) is 0 Å². The average Bonchev–Trinajstić information content (AvgIpc) is 3.07. The summed E-state index contributed by atoms with van der Waals surface area (Å²) in [6.45, 7) is 4.87. The molecule has 0 saturated carbocycles. The molecule has 0 bridgehead atoms.